The number of esters is 2. The minimum Gasteiger partial charge on any atom is -0.465 e. The summed E-state index contributed by atoms with van der Waals surface area (Å²) in [5.41, 5.74) is 1.28. The molecular weight excluding hydrogens is 341 g/mol. The smallest absolute Gasteiger partial charge is 0.337 e. The zero-order valence-electron chi connectivity index (χ0n) is 13.9. The number of ether oxygens (including phenoxy) is 2. The van der Waals surface area contributed by atoms with Gasteiger partial charge in [0.05, 0.1) is 12.7 Å². The normalized spacial score (nSPS) is 10.4. The molecule has 26 heavy (non-hydrogen) atoms. The third-order valence-electron chi connectivity index (χ3n) is 3.20. The molecule has 0 aliphatic carbocycles. The average molecular weight is 357 g/mol. The van der Waals surface area contributed by atoms with Gasteiger partial charge in [-0.05, 0) is 48.0 Å². The van der Waals surface area contributed by atoms with Crippen LogP contribution in [0.25, 0.3) is 6.08 Å². The highest BCUT2D eigenvalue weighted by atomic mass is 19.1. The molecule has 0 aliphatic rings. The summed E-state index contributed by atoms with van der Waals surface area (Å²) < 4.78 is 22.4. The number of rotatable bonds is 6. The first-order chi connectivity index (χ1) is 12.5. The second kappa shape index (κ2) is 9.12. The number of methoxy groups -OCH3 is 1. The van der Waals surface area contributed by atoms with Crippen molar-refractivity contribution in [3.8, 4) is 0 Å². The van der Waals surface area contributed by atoms with Crippen LogP contribution < -0.4 is 5.32 Å². The maximum Gasteiger partial charge on any atom is 0.337 e. The van der Waals surface area contributed by atoms with Crippen LogP contribution in [-0.4, -0.2) is 31.6 Å². The van der Waals surface area contributed by atoms with E-state index in [-0.39, 0.29) is 0 Å². The third-order valence-corrected chi connectivity index (χ3v) is 3.20. The maximum atomic E-state index is 13.0. The topological polar surface area (TPSA) is 81.7 Å². The van der Waals surface area contributed by atoms with Gasteiger partial charge in [0.25, 0.3) is 5.91 Å². The van der Waals surface area contributed by atoms with Crippen LogP contribution in [0.1, 0.15) is 15.9 Å². The quantitative estimate of drug-likeness (QED) is 0.635. The first-order valence-corrected chi connectivity index (χ1v) is 7.56. The third kappa shape index (κ3) is 5.86. The Kier molecular flexibility index (Phi) is 6.61. The van der Waals surface area contributed by atoms with Crippen LogP contribution in [0, 0.1) is 5.82 Å². The van der Waals surface area contributed by atoms with Gasteiger partial charge in [-0.1, -0.05) is 12.1 Å². The van der Waals surface area contributed by atoms with Gasteiger partial charge in [0.2, 0.25) is 0 Å². The van der Waals surface area contributed by atoms with Crippen LogP contribution in [0.15, 0.2) is 54.6 Å². The fourth-order valence-electron chi connectivity index (χ4n) is 1.96. The van der Waals surface area contributed by atoms with Crippen LogP contribution in [-0.2, 0) is 19.1 Å². The molecule has 0 bridgehead atoms. The Morgan fingerprint density at radius 3 is 2.50 bits per heavy atom. The number of halogens is 1. The molecule has 7 heteroatoms. The summed E-state index contributed by atoms with van der Waals surface area (Å²) in [5, 5.41) is 2.52. The minimum atomic E-state index is -0.731. The fourth-order valence-corrected chi connectivity index (χ4v) is 1.96. The molecule has 0 saturated heterocycles. The molecule has 2 aromatic carbocycles. The molecule has 0 heterocycles. The molecule has 1 N–H and O–H groups in total. The molecule has 0 saturated carbocycles. The number of hydrogen-bond acceptors (Lipinski definition) is 5. The van der Waals surface area contributed by atoms with Gasteiger partial charge in [0.1, 0.15) is 5.82 Å². The zero-order valence-corrected chi connectivity index (χ0v) is 13.9. The van der Waals surface area contributed by atoms with Crippen molar-refractivity contribution in [2.75, 3.05) is 19.0 Å². The van der Waals surface area contributed by atoms with Gasteiger partial charge in [-0.2, -0.15) is 0 Å². The molecule has 0 spiro atoms. The molecule has 2 rings (SSSR count). The molecule has 2 aromatic rings. The Labute approximate surface area is 149 Å². The van der Waals surface area contributed by atoms with Gasteiger partial charge in [0.15, 0.2) is 6.61 Å². The van der Waals surface area contributed by atoms with E-state index in [4.69, 9.17) is 4.74 Å². The molecule has 6 nitrogen and oxygen atoms in total. The van der Waals surface area contributed by atoms with Gasteiger partial charge in [-0.15, -0.1) is 0 Å². The Hall–Kier alpha value is -3.48. The van der Waals surface area contributed by atoms with Crippen LogP contribution in [0.5, 0.6) is 0 Å². The summed E-state index contributed by atoms with van der Waals surface area (Å²) in [5.74, 6) is -2.17. The van der Waals surface area contributed by atoms with Crippen LogP contribution in [0.4, 0.5) is 10.1 Å². The van der Waals surface area contributed by atoms with Crippen molar-refractivity contribution in [3.63, 3.8) is 0 Å². The van der Waals surface area contributed by atoms with Crippen molar-refractivity contribution in [1.82, 2.24) is 0 Å². The highest BCUT2D eigenvalue weighted by molar-refractivity contribution is 5.95. The predicted octanol–water partition coefficient (Wildman–Crippen LogP) is 2.81. The van der Waals surface area contributed by atoms with Crippen molar-refractivity contribution in [2.45, 2.75) is 0 Å². The first kappa shape index (κ1) is 18.9. The molecule has 0 aliphatic heterocycles. The lowest BCUT2D eigenvalue weighted by molar-refractivity contribution is -0.142. The van der Waals surface area contributed by atoms with Gasteiger partial charge >= 0.3 is 11.9 Å². The zero-order chi connectivity index (χ0) is 18.9. The van der Waals surface area contributed by atoms with E-state index in [9.17, 15) is 18.8 Å². The van der Waals surface area contributed by atoms with E-state index in [1.807, 2.05) is 0 Å². The molecule has 0 fully saturated rings. The van der Waals surface area contributed by atoms with Crippen molar-refractivity contribution >= 4 is 29.6 Å². The summed E-state index contributed by atoms with van der Waals surface area (Å²) in [6, 6.07) is 11.7. The fraction of sp³-hybridized carbons (Fsp3) is 0.105. The lowest BCUT2D eigenvalue weighted by Gasteiger charge is -2.06. The average Bonchev–Trinajstić information content (AvgIpc) is 2.64. The number of benzene rings is 2. The minimum absolute atomic E-state index is 0.347. The molecule has 0 aromatic heterocycles. The number of hydrogen-bond donors (Lipinski definition) is 1. The number of carbonyl (C=O) groups excluding carboxylic acids is 3. The van der Waals surface area contributed by atoms with Crippen LogP contribution in [0.2, 0.25) is 0 Å². The Bertz CT molecular complexity index is 830. The summed E-state index contributed by atoms with van der Waals surface area (Å²) in [4.78, 5) is 34.6. The molecule has 0 radical (unpaired) electrons. The van der Waals surface area contributed by atoms with E-state index < -0.39 is 30.3 Å². The van der Waals surface area contributed by atoms with E-state index >= 15 is 0 Å². The highest BCUT2D eigenvalue weighted by Gasteiger charge is 2.08. The maximum absolute atomic E-state index is 13.0. The van der Waals surface area contributed by atoms with Gasteiger partial charge in [-0.25, -0.2) is 14.0 Å². The Morgan fingerprint density at radius 1 is 1.12 bits per heavy atom. The summed E-state index contributed by atoms with van der Waals surface area (Å²) >= 11 is 0. The van der Waals surface area contributed by atoms with E-state index in [1.165, 1.54) is 55.7 Å². The van der Waals surface area contributed by atoms with Crippen molar-refractivity contribution in [3.05, 3.63) is 71.6 Å². The van der Waals surface area contributed by atoms with E-state index in [2.05, 4.69) is 10.1 Å². The summed E-state index contributed by atoms with van der Waals surface area (Å²) in [6.45, 7) is -0.481. The van der Waals surface area contributed by atoms with E-state index in [0.717, 1.165) is 6.08 Å². The standard InChI is InChI=1S/C19H16FNO5/c1-25-19(24)14-6-8-16(9-7-14)21-17(22)12-26-18(23)10-5-13-3-2-4-15(20)11-13/h2-11H,12H2,1H3,(H,21,22)/b10-5+. The van der Waals surface area contributed by atoms with E-state index in [0.29, 0.717) is 16.8 Å². The highest BCUT2D eigenvalue weighted by Crippen LogP contribution is 2.10. The summed E-state index contributed by atoms with van der Waals surface area (Å²) in [7, 11) is 1.27. The largest absolute Gasteiger partial charge is 0.465 e. The van der Waals surface area contributed by atoms with Gasteiger partial charge in [0, 0.05) is 11.8 Å². The van der Waals surface area contributed by atoms with E-state index in [1.54, 1.807) is 6.07 Å². The van der Waals surface area contributed by atoms with Crippen molar-refractivity contribution < 1.29 is 28.2 Å². The molecule has 134 valence electrons. The number of nitrogens with one attached hydrogen (secondary N) is 1. The number of anilines is 1. The van der Waals surface area contributed by atoms with Crippen LogP contribution in [0.3, 0.4) is 0 Å². The summed E-state index contributed by atoms with van der Waals surface area (Å²) in [6.07, 6.45) is 2.49. The lowest BCUT2D eigenvalue weighted by atomic mass is 10.2. The van der Waals surface area contributed by atoms with Gasteiger partial charge < -0.3 is 14.8 Å². The second-order valence-electron chi connectivity index (χ2n) is 5.11. The monoisotopic (exact) mass is 357 g/mol. The van der Waals surface area contributed by atoms with Crippen LogP contribution >= 0.6 is 0 Å². The Balaban J connectivity index is 1.80. The molecule has 0 unspecified atom stereocenters. The van der Waals surface area contributed by atoms with Crippen molar-refractivity contribution in [2.24, 2.45) is 0 Å². The van der Waals surface area contributed by atoms with Crippen molar-refractivity contribution in [1.29, 1.82) is 0 Å². The lowest BCUT2D eigenvalue weighted by Crippen LogP contribution is -2.20. The molecular formula is C19H16FNO5. The predicted molar refractivity (Wildman–Crippen MR) is 92.8 cm³/mol. The first-order valence-electron chi connectivity index (χ1n) is 7.56. The Morgan fingerprint density at radius 2 is 1.85 bits per heavy atom. The molecule has 0 atom stereocenters. The number of amides is 1. The number of carbonyl (C=O) groups is 3. The molecule has 1 amide bonds. The SMILES string of the molecule is COC(=O)c1ccc(NC(=O)COC(=O)/C=C/c2cccc(F)c2)cc1. The van der Waals surface area contributed by atoms with Gasteiger partial charge in [-0.3, -0.25) is 4.79 Å². The second-order valence-corrected chi connectivity index (χ2v) is 5.11.